The third-order valence-electron chi connectivity index (χ3n) is 3.46. The zero-order valence-electron chi connectivity index (χ0n) is 10.7. The van der Waals surface area contributed by atoms with Crippen LogP contribution < -0.4 is 5.73 Å². The first-order valence-corrected chi connectivity index (χ1v) is 7.41. The highest BCUT2D eigenvalue weighted by Gasteiger charge is 2.20. The molecule has 1 fully saturated rings. The largest absolute Gasteiger partial charge is 0.324 e. The molecule has 94 valence electrons. The van der Waals surface area contributed by atoms with E-state index in [1.54, 1.807) is 0 Å². The molecule has 0 aliphatic heterocycles. The van der Waals surface area contributed by atoms with E-state index in [2.05, 4.69) is 24.0 Å². The van der Waals surface area contributed by atoms with Crippen LogP contribution in [0.3, 0.4) is 0 Å². The van der Waals surface area contributed by atoms with Crippen LogP contribution in [-0.2, 0) is 0 Å². The summed E-state index contributed by atoms with van der Waals surface area (Å²) >= 11 is 1.94. The van der Waals surface area contributed by atoms with Crippen molar-refractivity contribution in [2.45, 2.75) is 55.8 Å². The number of hydrogen-bond acceptors (Lipinski definition) is 3. The molecule has 3 atom stereocenters. The number of rotatable bonds is 3. The van der Waals surface area contributed by atoms with Crippen LogP contribution in [0.4, 0.5) is 0 Å². The summed E-state index contributed by atoms with van der Waals surface area (Å²) in [5, 5.41) is 1.90. The Morgan fingerprint density at radius 2 is 2.24 bits per heavy atom. The van der Waals surface area contributed by atoms with Gasteiger partial charge in [-0.3, -0.25) is 0 Å². The average Bonchev–Trinajstić information content (AvgIpc) is 2.29. The Labute approximate surface area is 108 Å². The molecular weight excluding hydrogens is 228 g/mol. The number of pyridine rings is 1. The smallest absolute Gasteiger partial charge is 0.0962 e. The minimum Gasteiger partial charge on any atom is -0.324 e. The summed E-state index contributed by atoms with van der Waals surface area (Å²) in [5.74, 6) is 0.879. The highest BCUT2D eigenvalue weighted by molar-refractivity contribution is 7.99. The van der Waals surface area contributed by atoms with Crippen molar-refractivity contribution < 1.29 is 0 Å². The van der Waals surface area contributed by atoms with E-state index in [1.165, 1.54) is 25.7 Å². The maximum Gasteiger partial charge on any atom is 0.0962 e. The predicted octanol–water partition coefficient (Wildman–Crippen LogP) is 3.77. The van der Waals surface area contributed by atoms with Crippen molar-refractivity contribution in [2.24, 2.45) is 11.7 Å². The molecule has 2 nitrogen and oxygen atoms in total. The number of thioether (sulfide) groups is 1. The highest BCUT2D eigenvalue weighted by atomic mass is 32.2. The highest BCUT2D eigenvalue weighted by Crippen LogP contribution is 2.35. The zero-order chi connectivity index (χ0) is 12.3. The molecule has 1 saturated carbocycles. The van der Waals surface area contributed by atoms with Gasteiger partial charge in [-0.2, -0.15) is 0 Å². The SMILES string of the molecule is CC1CCCC(Sc2ccc([C@@H](C)N)cn2)C1. The third-order valence-corrected chi connectivity index (χ3v) is 4.71. The minimum atomic E-state index is 0.0799. The van der Waals surface area contributed by atoms with Crippen LogP contribution in [0.15, 0.2) is 23.4 Å². The van der Waals surface area contributed by atoms with Crippen LogP contribution in [0.5, 0.6) is 0 Å². The van der Waals surface area contributed by atoms with Gasteiger partial charge in [0.25, 0.3) is 0 Å². The van der Waals surface area contributed by atoms with E-state index in [0.717, 1.165) is 21.8 Å². The first kappa shape index (κ1) is 12.9. The van der Waals surface area contributed by atoms with Crippen LogP contribution in [-0.4, -0.2) is 10.2 Å². The van der Waals surface area contributed by atoms with Crippen molar-refractivity contribution in [3.8, 4) is 0 Å². The first-order chi connectivity index (χ1) is 8.15. The summed E-state index contributed by atoms with van der Waals surface area (Å²) in [6.07, 6.45) is 7.36. The molecule has 3 heteroatoms. The quantitative estimate of drug-likeness (QED) is 0.887. The fourth-order valence-corrected chi connectivity index (χ4v) is 3.70. The summed E-state index contributed by atoms with van der Waals surface area (Å²) in [6.45, 7) is 4.35. The molecule has 0 saturated heterocycles. The topological polar surface area (TPSA) is 38.9 Å². The van der Waals surface area contributed by atoms with Gasteiger partial charge in [-0.05, 0) is 37.3 Å². The third kappa shape index (κ3) is 3.71. The molecule has 1 aromatic heterocycles. The molecule has 1 aromatic rings. The van der Waals surface area contributed by atoms with Crippen molar-refractivity contribution in [2.75, 3.05) is 0 Å². The van der Waals surface area contributed by atoms with E-state index in [4.69, 9.17) is 5.73 Å². The van der Waals surface area contributed by atoms with Gasteiger partial charge in [-0.1, -0.05) is 25.8 Å². The Hall–Kier alpha value is -0.540. The Morgan fingerprint density at radius 3 is 2.82 bits per heavy atom. The molecule has 0 spiro atoms. The second kappa shape index (κ2) is 5.87. The van der Waals surface area contributed by atoms with Crippen LogP contribution in [0.1, 0.15) is 51.1 Å². The van der Waals surface area contributed by atoms with E-state index in [1.807, 2.05) is 24.9 Å². The molecule has 2 N–H and O–H groups in total. The van der Waals surface area contributed by atoms with Crippen LogP contribution in [0.25, 0.3) is 0 Å². The minimum absolute atomic E-state index is 0.0799. The van der Waals surface area contributed by atoms with Gasteiger partial charge in [-0.25, -0.2) is 4.98 Å². The van der Waals surface area contributed by atoms with E-state index in [-0.39, 0.29) is 6.04 Å². The second-order valence-corrected chi connectivity index (χ2v) is 6.55. The van der Waals surface area contributed by atoms with Gasteiger partial charge in [-0.15, -0.1) is 11.8 Å². The molecule has 0 aromatic carbocycles. The molecule has 0 bridgehead atoms. The lowest BCUT2D eigenvalue weighted by molar-refractivity contribution is 0.394. The van der Waals surface area contributed by atoms with Gasteiger partial charge >= 0.3 is 0 Å². The van der Waals surface area contributed by atoms with Gasteiger partial charge in [0.1, 0.15) is 0 Å². The van der Waals surface area contributed by atoms with Crippen molar-refractivity contribution in [3.63, 3.8) is 0 Å². The predicted molar refractivity (Wildman–Crippen MR) is 74.1 cm³/mol. The lowest BCUT2D eigenvalue weighted by Gasteiger charge is -2.25. The van der Waals surface area contributed by atoms with Crippen molar-refractivity contribution in [1.29, 1.82) is 0 Å². The lowest BCUT2D eigenvalue weighted by atomic mass is 9.91. The number of aromatic nitrogens is 1. The molecule has 0 amide bonds. The van der Waals surface area contributed by atoms with Gasteiger partial charge in [0, 0.05) is 17.5 Å². The Morgan fingerprint density at radius 1 is 1.41 bits per heavy atom. The number of nitrogens with two attached hydrogens (primary N) is 1. The van der Waals surface area contributed by atoms with Crippen molar-refractivity contribution >= 4 is 11.8 Å². The maximum atomic E-state index is 5.82. The van der Waals surface area contributed by atoms with Crippen LogP contribution >= 0.6 is 11.8 Å². The summed E-state index contributed by atoms with van der Waals surface area (Å²) in [7, 11) is 0. The Bertz CT molecular complexity index is 348. The number of hydrogen-bond donors (Lipinski definition) is 1. The van der Waals surface area contributed by atoms with Crippen LogP contribution in [0.2, 0.25) is 0 Å². The Balaban J connectivity index is 1.94. The van der Waals surface area contributed by atoms with Crippen LogP contribution in [0, 0.1) is 5.92 Å². The van der Waals surface area contributed by atoms with Gasteiger partial charge < -0.3 is 5.73 Å². The summed E-state index contributed by atoms with van der Waals surface area (Å²) in [6, 6.07) is 4.30. The fraction of sp³-hybridized carbons (Fsp3) is 0.643. The van der Waals surface area contributed by atoms with E-state index in [9.17, 15) is 0 Å². The van der Waals surface area contributed by atoms with E-state index >= 15 is 0 Å². The molecular formula is C14H22N2S. The first-order valence-electron chi connectivity index (χ1n) is 6.53. The summed E-state index contributed by atoms with van der Waals surface area (Å²) in [4.78, 5) is 4.50. The fourth-order valence-electron chi connectivity index (χ4n) is 2.39. The monoisotopic (exact) mass is 250 g/mol. The lowest BCUT2D eigenvalue weighted by Crippen LogP contribution is -2.15. The maximum absolute atomic E-state index is 5.82. The molecule has 17 heavy (non-hydrogen) atoms. The molecule has 1 aliphatic rings. The zero-order valence-corrected chi connectivity index (χ0v) is 11.5. The number of nitrogens with zero attached hydrogens (tertiary/aromatic N) is 1. The van der Waals surface area contributed by atoms with Crippen molar-refractivity contribution in [1.82, 2.24) is 4.98 Å². The summed E-state index contributed by atoms with van der Waals surface area (Å²) in [5.41, 5.74) is 6.94. The molecule has 1 aliphatic carbocycles. The van der Waals surface area contributed by atoms with Gasteiger partial charge in [0.2, 0.25) is 0 Å². The second-order valence-electron chi connectivity index (χ2n) is 5.23. The molecule has 0 radical (unpaired) electrons. The standard InChI is InChI=1S/C14H22N2S/c1-10-4-3-5-13(8-10)17-14-7-6-12(9-16-14)11(2)15/h6-7,9-11,13H,3-5,8,15H2,1-2H3/t10?,11-,13?/m1/s1. The van der Waals surface area contributed by atoms with Gasteiger partial charge in [0.05, 0.1) is 5.03 Å². The Kier molecular flexibility index (Phi) is 4.46. The van der Waals surface area contributed by atoms with Crippen molar-refractivity contribution in [3.05, 3.63) is 23.9 Å². The van der Waals surface area contributed by atoms with E-state index < -0.39 is 0 Å². The van der Waals surface area contributed by atoms with Gasteiger partial charge in [0.15, 0.2) is 0 Å². The molecule has 2 unspecified atom stereocenters. The molecule has 1 heterocycles. The molecule has 2 rings (SSSR count). The average molecular weight is 250 g/mol. The van der Waals surface area contributed by atoms with E-state index in [0.29, 0.717) is 0 Å². The normalized spacial score (nSPS) is 26.8. The summed E-state index contributed by atoms with van der Waals surface area (Å²) < 4.78 is 0.